The molecule has 1 heterocycles. The Bertz CT molecular complexity index is 525. The van der Waals surface area contributed by atoms with Gasteiger partial charge in [0.05, 0.1) is 6.10 Å². The van der Waals surface area contributed by atoms with Crippen molar-refractivity contribution in [1.82, 2.24) is 5.43 Å². The zero-order chi connectivity index (χ0) is 15.1. The van der Waals surface area contributed by atoms with Crippen LogP contribution in [-0.2, 0) is 6.42 Å². The molecule has 0 aliphatic heterocycles. The Morgan fingerprint density at radius 1 is 1.24 bits per heavy atom. The van der Waals surface area contributed by atoms with E-state index in [1.165, 1.54) is 10.4 Å². The quantitative estimate of drug-likeness (QED) is 0.571. The summed E-state index contributed by atoms with van der Waals surface area (Å²) in [7, 11) is 0. The molecule has 2 aromatic rings. The standard InChI is InChI=1S/C17H24N2OS/c1-13(2)20-15-7-3-6-14(12-15)17(19-18)10-4-8-16-9-5-11-21-16/h3,5-7,9,11-13,17,19H,4,8,10,18H2,1-2H3. The molecule has 0 bridgehead atoms. The van der Waals surface area contributed by atoms with Crippen molar-refractivity contribution in [3.63, 3.8) is 0 Å². The molecule has 0 spiro atoms. The average Bonchev–Trinajstić information content (AvgIpc) is 2.96. The number of nitrogens with two attached hydrogens (primary N) is 1. The molecule has 3 nitrogen and oxygen atoms in total. The lowest BCUT2D eigenvalue weighted by atomic mass is 10.0. The van der Waals surface area contributed by atoms with Crippen molar-refractivity contribution in [3.8, 4) is 5.75 Å². The Morgan fingerprint density at radius 3 is 2.76 bits per heavy atom. The summed E-state index contributed by atoms with van der Waals surface area (Å²) in [5.41, 5.74) is 4.11. The van der Waals surface area contributed by atoms with E-state index in [0.29, 0.717) is 0 Å². The van der Waals surface area contributed by atoms with Crippen LogP contribution in [0.15, 0.2) is 41.8 Å². The van der Waals surface area contributed by atoms with E-state index in [1.54, 1.807) is 0 Å². The number of nitrogens with one attached hydrogen (secondary N) is 1. The highest BCUT2D eigenvalue weighted by Gasteiger charge is 2.11. The second-order valence-electron chi connectivity index (χ2n) is 5.43. The second-order valence-corrected chi connectivity index (χ2v) is 6.46. The maximum absolute atomic E-state index is 5.75. The Morgan fingerprint density at radius 2 is 2.10 bits per heavy atom. The second kappa shape index (κ2) is 8.17. The van der Waals surface area contributed by atoms with Gasteiger partial charge in [0.25, 0.3) is 0 Å². The van der Waals surface area contributed by atoms with Crippen LogP contribution in [0.3, 0.4) is 0 Å². The summed E-state index contributed by atoms with van der Waals surface area (Å²) in [5.74, 6) is 6.63. The SMILES string of the molecule is CC(C)Oc1cccc(C(CCCc2cccs2)NN)c1. The van der Waals surface area contributed by atoms with Crippen LogP contribution in [0, 0.1) is 0 Å². The van der Waals surface area contributed by atoms with Crippen molar-refractivity contribution in [2.24, 2.45) is 5.84 Å². The van der Waals surface area contributed by atoms with E-state index >= 15 is 0 Å². The summed E-state index contributed by atoms with van der Waals surface area (Å²) >= 11 is 1.82. The molecule has 1 aromatic heterocycles. The third-order valence-corrected chi connectivity index (χ3v) is 4.27. The molecule has 0 fully saturated rings. The zero-order valence-corrected chi connectivity index (χ0v) is 13.5. The smallest absolute Gasteiger partial charge is 0.120 e. The van der Waals surface area contributed by atoms with Gasteiger partial charge in [-0.05, 0) is 62.3 Å². The molecule has 1 unspecified atom stereocenters. The molecule has 4 heteroatoms. The summed E-state index contributed by atoms with van der Waals surface area (Å²) in [5, 5.41) is 2.13. The van der Waals surface area contributed by atoms with E-state index in [2.05, 4.69) is 35.1 Å². The van der Waals surface area contributed by atoms with Gasteiger partial charge >= 0.3 is 0 Å². The summed E-state index contributed by atoms with van der Waals surface area (Å²) < 4.78 is 5.75. The predicted octanol–water partition coefficient (Wildman–Crippen LogP) is 4.06. The van der Waals surface area contributed by atoms with Crippen LogP contribution >= 0.6 is 11.3 Å². The van der Waals surface area contributed by atoms with Crippen molar-refractivity contribution in [2.45, 2.75) is 45.3 Å². The first-order valence-electron chi connectivity index (χ1n) is 7.44. The van der Waals surface area contributed by atoms with E-state index in [-0.39, 0.29) is 12.1 Å². The molecule has 0 radical (unpaired) electrons. The van der Waals surface area contributed by atoms with Crippen LogP contribution in [0.2, 0.25) is 0 Å². The molecule has 0 saturated carbocycles. The highest BCUT2D eigenvalue weighted by molar-refractivity contribution is 7.09. The highest BCUT2D eigenvalue weighted by Crippen LogP contribution is 2.24. The molecule has 0 aliphatic carbocycles. The van der Waals surface area contributed by atoms with E-state index in [9.17, 15) is 0 Å². The Kier molecular flexibility index (Phi) is 6.23. The van der Waals surface area contributed by atoms with Gasteiger partial charge in [-0.3, -0.25) is 11.3 Å². The minimum atomic E-state index is 0.167. The third kappa shape index (κ3) is 5.16. The molecule has 1 aromatic carbocycles. The van der Waals surface area contributed by atoms with Crippen molar-refractivity contribution in [1.29, 1.82) is 0 Å². The molecular weight excluding hydrogens is 280 g/mol. The molecule has 21 heavy (non-hydrogen) atoms. The third-order valence-electron chi connectivity index (χ3n) is 3.33. The number of hydrazine groups is 1. The van der Waals surface area contributed by atoms with E-state index < -0.39 is 0 Å². The van der Waals surface area contributed by atoms with Crippen molar-refractivity contribution in [3.05, 3.63) is 52.2 Å². The summed E-state index contributed by atoms with van der Waals surface area (Å²) in [6.45, 7) is 4.07. The fourth-order valence-corrected chi connectivity index (χ4v) is 3.11. The lowest BCUT2D eigenvalue weighted by molar-refractivity contribution is 0.242. The van der Waals surface area contributed by atoms with Gasteiger partial charge < -0.3 is 4.74 Å². The first-order chi connectivity index (χ1) is 10.2. The van der Waals surface area contributed by atoms with Gasteiger partial charge in [-0.2, -0.15) is 0 Å². The highest BCUT2D eigenvalue weighted by atomic mass is 32.1. The lowest BCUT2D eigenvalue weighted by Crippen LogP contribution is -2.28. The maximum Gasteiger partial charge on any atom is 0.120 e. The molecule has 2 rings (SSSR count). The van der Waals surface area contributed by atoms with Gasteiger partial charge in [0.2, 0.25) is 0 Å². The van der Waals surface area contributed by atoms with Crippen molar-refractivity contribution < 1.29 is 4.74 Å². The summed E-state index contributed by atoms with van der Waals surface area (Å²) in [6, 6.07) is 12.6. The van der Waals surface area contributed by atoms with Gasteiger partial charge in [0, 0.05) is 10.9 Å². The van der Waals surface area contributed by atoms with Crippen molar-refractivity contribution in [2.75, 3.05) is 0 Å². The summed E-state index contributed by atoms with van der Waals surface area (Å²) in [4.78, 5) is 1.43. The van der Waals surface area contributed by atoms with Crippen LogP contribution in [0.1, 0.15) is 43.2 Å². The van der Waals surface area contributed by atoms with Crippen LogP contribution < -0.4 is 16.0 Å². The Labute approximate surface area is 131 Å². The minimum Gasteiger partial charge on any atom is -0.491 e. The van der Waals surface area contributed by atoms with Crippen LogP contribution in [-0.4, -0.2) is 6.10 Å². The van der Waals surface area contributed by atoms with E-state index in [4.69, 9.17) is 10.6 Å². The monoisotopic (exact) mass is 304 g/mol. The zero-order valence-electron chi connectivity index (χ0n) is 12.7. The number of benzene rings is 1. The maximum atomic E-state index is 5.75. The lowest BCUT2D eigenvalue weighted by Gasteiger charge is -2.18. The minimum absolute atomic E-state index is 0.167. The predicted molar refractivity (Wildman–Crippen MR) is 89.5 cm³/mol. The normalized spacial score (nSPS) is 12.6. The number of hydrogen-bond donors (Lipinski definition) is 2. The van der Waals surface area contributed by atoms with Crippen LogP contribution in [0.25, 0.3) is 0 Å². The van der Waals surface area contributed by atoms with Gasteiger partial charge in [-0.25, -0.2) is 0 Å². The molecule has 0 saturated heterocycles. The van der Waals surface area contributed by atoms with Gasteiger partial charge in [-0.1, -0.05) is 18.2 Å². The molecule has 0 aliphatic rings. The fraction of sp³-hybridized carbons (Fsp3) is 0.412. The largest absolute Gasteiger partial charge is 0.491 e. The molecule has 1 atom stereocenters. The first kappa shape index (κ1) is 16.0. The van der Waals surface area contributed by atoms with Crippen LogP contribution in [0.4, 0.5) is 0 Å². The number of aryl methyl sites for hydroxylation is 1. The number of ether oxygens (including phenoxy) is 1. The number of rotatable bonds is 8. The summed E-state index contributed by atoms with van der Waals surface area (Å²) in [6.07, 6.45) is 3.42. The van der Waals surface area contributed by atoms with E-state index in [1.807, 2.05) is 37.3 Å². The average molecular weight is 304 g/mol. The van der Waals surface area contributed by atoms with Gasteiger partial charge in [-0.15, -0.1) is 11.3 Å². The fourth-order valence-electron chi connectivity index (χ4n) is 2.36. The number of thiophene rings is 1. The molecule has 3 N–H and O–H groups in total. The molecule has 114 valence electrons. The number of hydrogen-bond acceptors (Lipinski definition) is 4. The van der Waals surface area contributed by atoms with Crippen molar-refractivity contribution >= 4 is 11.3 Å². The van der Waals surface area contributed by atoms with Gasteiger partial charge in [0.1, 0.15) is 5.75 Å². The molecular formula is C17H24N2OS. The topological polar surface area (TPSA) is 47.3 Å². The Hall–Kier alpha value is -1.36. The molecule has 0 amide bonds. The van der Waals surface area contributed by atoms with Gasteiger partial charge in [0.15, 0.2) is 0 Å². The Balaban J connectivity index is 1.93. The van der Waals surface area contributed by atoms with Crippen LogP contribution in [0.5, 0.6) is 5.75 Å². The first-order valence-corrected chi connectivity index (χ1v) is 8.32. The van der Waals surface area contributed by atoms with E-state index in [0.717, 1.165) is 25.0 Å².